The molecule has 0 saturated carbocycles. The Morgan fingerprint density at radius 1 is 1.05 bits per heavy atom. The van der Waals surface area contributed by atoms with Crippen molar-refractivity contribution >= 4 is 5.97 Å². The molecule has 0 aliphatic heterocycles. The molecule has 0 saturated heterocycles. The minimum atomic E-state index is -3.75. The largest absolute Gasteiger partial charge is 0.478 e. The number of carboxylic acid groups (broad SMARTS) is 1. The molecule has 19 heavy (non-hydrogen) atoms. The first-order valence-corrected chi connectivity index (χ1v) is 4.05. The van der Waals surface area contributed by atoms with Gasteiger partial charge >= 0.3 is 23.5 Å². The van der Waals surface area contributed by atoms with Crippen molar-refractivity contribution in [2.45, 2.75) is 12.7 Å². The average molecular weight is 296 g/mol. The number of carboxylic acids is 1. The van der Waals surface area contributed by atoms with Crippen molar-refractivity contribution in [2.24, 2.45) is 0 Å². The number of aliphatic carboxylic acids is 1. The third kappa shape index (κ3) is 3.69. The van der Waals surface area contributed by atoms with Crippen LogP contribution in [0.5, 0.6) is 0 Å². The van der Waals surface area contributed by atoms with E-state index in [0.29, 0.717) is 0 Å². The minimum Gasteiger partial charge on any atom is -0.478 e. The van der Waals surface area contributed by atoms with Crippen LogP contribution in [0.4, 0.5) is 22.6 Å². The Labute approximate surface area is 100 Å². The van der Waals surface area contributed by atoms with E-state index in [1.807, 2.05) is 0 Å². The molecule has 0 fully saturated rings. The molecular formula is C7H5F5O7. The molecule has 7 nitrogen and oxygen atoms in total. The normalized spacial score (nSPS) is 11.8. The van der Waals surface area contributed by atoms with Crippen molar-refractivity contribution in [3.63, 3.8) is 0 Å². The van der Waals surface area contributed by atoms with Gasteiger partial charge in [0, 0.05) is 19.2 Å². The molecule has 0 rings (SSSR count). The Bertz CT molecular complexity index is 372. The molecule has 0 aromatic carbocycles. The highest BCUT2D eigenvalue weighted by Gasteiger charge is 2.48. The van der Waals surface area contributed by atoms with Crippen LogP contribution in [0.15, 0.2) is 23.4 Å². The van der Waals surface area contributed by atoms with Crippen molar-refractivity contribution < 1.29 is 57.2 Å². The molecule has 0 aliphatic rings. The summed E-state index contributed by atoms with van der Waals surface area (Å²) in [6.45, 7) is 0.761. The second kappa shape index (κ2) is 7.38. The third-order valence-corrected chi connectivity index (χ3v) is 1.69. The lowest BCUT2D eigenvalue weighted by Crippen LogP contribution is -2.34. The summed E-state index contributed by atoms with van der Waals surface area (Å²) in [7, 11) is 0. The Hall–Kier alpha value is -2.08. The zero-order chi connectivity index (χ0) is 15.1. The average Bonchev–Trinajstić information content (AvgIpc) is 2.42. The van der Waals surface area contributed by atoms with Crippen LogP contribution in [0.1, 0.15) is 6.92 Å². The van der Waals surface area contributed by atoms with Crippen LogP contribution in [0, 0.1) is 0 Å². The number of carbonyl (C=O) groups is 1. The highest BCUT2D eigenvalue weighted by Crippen LogP contribution is 2.32. The van der Waals surface area contributed by atoms with Crippen LogP contribution in [-0.4, -0.2) is 16.9 Å². The zero-order valence-electron chi connectivity index (χ0n) is 8.86. The van der Waals surface area contributed by atoms with Crippen LogP contribution in [0.2, 0.25) is 0 Å². The molecule has 0 unspecified atom stereocenters. The summed E-state index contributed by atoms with van der Waals surface area (Å²) in [6.07, 6.45) is -0.0672. The lowest BCUT2D eigenvalue weighted by Gasteiger charge is -2.19. The molecule has 0 bridgehead atoms. The van der Waals surface area contributed by atoms with Gasteiger partial charge in [-0.25, -0.2) is 14.7 Å². The fraction of sp³-hybridized carbons (Fsp3) is 0.286. The fourth-order valence-corrected chi connectivity index (χ4v) is 0.848. The molecule has 0 aromatic heterocycles. The Balaban J connectivity index is 5.94. The molecular weight excluding hydrogens is 291 g/mol. The van der Waals surface area contributed by atoms with Gasteiger partial charge in [-0.3, -0.25) is 4.94 Å². The molecule has 0 aromatic rings. The topological polar surface area (TPSA) is 83.5 Å². The molecule has 0 radical (unpaired) electrons. The Morgan fingerprint density at radius 2 is 1.53 bits per heavy atom. The van der Waals surface area contributed by atoms with Gasteiger partial charge in [0.05, 0.1) is 0 Å². The van der Waals surface area contributed by atoms with E-state index in [0.717, 1.165) is 6.92 Å². The van der Waals surface area contributed by atoms with Crippen LogP contribution in [0.3, 0.4) is 0 Å². The van der Waals surface area contributed by atoms with E-state index in [1.165, 1.54) is 0 Å². The maximum absolute atomic E-state index is 12.3. The minimum absolute atomic E-state index is 0.0672. The van der Waals surface area contributed by atoms with Gasteiger partial charge in [0.2, 0.25) is 0 Å². The number of halogens is 5. The van der Waals surface area contributed by atoms with Crippen LogP contribution < -0.4 is 0 Å². The Kier molecular flexibility index (Phi) is 6.57. The number of rotatable bonds is 8. The molecule has 0 aliphatic carbocycles. The van der Waals surface area contributed by atoms with Gasteiger partial charge in [-0.1, -0.05) is 0 Å². The van der Waals surface area contributed by atoms with E-state index in [4.69, 9.17) is 5.11 Å². The van der Waals surface area contributed by atoms with Crippen LogP contribution in [0.25, 0.3) is 0 Å². The summed E-state index contributed by atoms with van der Waals surface area (Å²) >= 11 is 0. The molecule has 12 heteroatoms. The monoisotopic (exact) mass is 296 g/mol. The van der Waals surface area contributed by atoms with Gasteiger partial charge in [-0.05, 0) is 22.1 Å². The van der Waals surface area contributed by atoms with E-state index < -0.39 is 29.0 Å². The van der Waals surface area contributed by atoms with E-state index >= 15 is 0 Å². The van der Waals surface area contributed by atoms with E-state index in [1.54, 1.807) is 0 Å². The van der Waals surface area contributed by atoms with Crippen LogP contribution in [-0.2, 0) is 29.5 Å². The fourth-order valence-electron chi connectivity index (χ4n) is 0.848. The first-order chi connectivity index (χ1) is 8.92. The predicted molar refractivity (Wildman–Crippen MR) is 42.1 cm³/mol. The van der Waals surface area contributed by atoms with Gasteiger partial charge in [-0.15, -0.1) is 9.88 Å². The van der Waals surface area contributed by atoms with Crippen molar-refractivity contribution in [2.75, 3.05) is 0 Å². The lowest BCUT2D eigenvalue weighted by atomic mass is 10.1. The van der Waals surface area contributed by atoms with Crippen LogP contribution >= 0.6 is 0 Å². The smallest absolute Gasteiger partial charge is 0.413 e. The summed E-state index contributed by atoms with van der Waals surface area (Å²) in [5, 5.41) is 8.46. The molecule has 1 N–H and O–H groups in total. The van der Waals surface area contributed by atoms with Gasteiger partial charge in [0.25, 0.3) is 0 Å². The van der Waals surface area contributed by atoms with E-state index in [9.17, 15) is 27.4 Å². The molecule has 0 atom stereocenters. The zero-order valence-corrected chi connectivity index (χ0v) is 8.86. The quantitative estimate of drug-likeness (QED) is 0.318. The van der Waals surface area contributed by atoms with E-state index in [2.05, 4.69) is 24.7 Å². The van der Waals surface area contributed by atoms with Crippen molar-refractivity contribution in [3.05, 3.63) is 23.4 Å². The molecule has 0 amide bonds. The van der Waals surface area contributed by atoms with E-state index in [-0.39, 0.29) is 6.08 Å². The van der Waals surface area contributed by atoms with Gasteiger partial charge in [0.1, 0.15) is 0 Å². The highest BCUT2D eigenvalue weighted by atomic mass is 19.3. The maximum Gasteiger partial charge on any atom is 0.413 e. The summed E-state index contributed by atoms with van der Waals surface area (Å²) in [5.74, 6) is -9.78. The van der Waals surface area contributed by atoms with Crippen molar-refractivity contribution in [3.8, 4) is 0 Å². The van der Waals surface area contributed by atoms with Gasteiger partial charge < -0.3 is 5.11 Å². The number of hydrogen-bond donors (Lipinski definition) is 1. The molecule has 0 heterocycles. The second-order valence-corrected chi connectivity index (χ2v) is 2.80. The first-order valence-electron chi connectivity index (χ1n) is 4.05. The summed E-state index contributed by atoms with van der Waals surface area (Å²) in [6, 6.07) is 0. The third-order valence-electron chi connectivity index (χ3n) is 1.69. The SMILES string of the molecule is CC(=CC(OF)(OF)C(OF)=C(OF)OF)C(=O)O. The molecule has 0 spiro atoms. The highest BCUT2D eigenvalue weighted by molar-refractivity contribution is 5.86. The maximum atomic E-state index is 12.3. The van der Waals surface area contributed by atoms with Gasteiger partial charge in [-0.2, -0.15) is 0 Å². The summed E-state index contributed by atoms with van der Waals surface area (Å²) in [5.41, 5.74) is -0.873. The summed E-state index contributed by atoms with van der Waals surface area (Å²) < 4.78 is 60.1. The number of hydrogen-bond acceptors (Lipinski definition) is 6. The second-order valence-electron chi connectivity index (χ2n) is 2.80. The standard InChI is InChI=1S/C7H5F5O7/c1-3(5(13)14)2-7(18-11,19-12)4(15-8)6(16-9)17-10/h2H,1H3,(H,13,14). The van der Waals surface area contributed by atoms with Gasteiger partial charge in [0.15, 0.2) is 0 Å². The molecule has 110 valence electrons. The summed E-state index contributed by atoms with van der Waals surface area (Å²) in [4.78, 5) is 23.8. The van der Waals surface area contributed by atoms with Crippen molar-refractivity contribution in [1.82, 2.24) is 0 Å². The Morgan fingerprint density at radius 3 is 1.79 bits per heavy atom. The first kappa shape index (κ1) is 16.9. The predicted octanol–water partition coefficient (Wildman–Crippen LogP) is 2.39. The van der Waals surface area contributed by atoms with Crippen molar-refractivity contribution in [1.29, 1.82) is 0 Å². The lowest BCUT2D eigenvalue weighted by molar-refractivity contribution is -0.398.